The van der Waals surface area contributed by atoms with Crippen LogP contribution in [0.3, 0.4) is 0 Å². The monoisotopic (exact) mass is 885 g/mol. The molecule has 0 amide bonds. The van der Waals surface area contributed by atoms with Gasteiger partial charge >= 0.3 is 53.7 Å². The van der Waals surface area contributed by atoms with Gasteiger partial charge in [-0.3, -0.25) is 43.2 Å². The molecule has 1 aromatic rings. The number of benzene rings is 1. The first-order chi connectivity index (χ1) is 28.3. The fourth-order valence-electron chi connectivity index (χ4n) is 2.36. The lowest BCUT2D eigenvalue weighted by molar-refractivity contribution is -0.141. The molecule has 18 nitrogen and oxygen atoms in total. The molecule has 0 radical (unpaired) electrons. The molecule has 0 atom stereocenters. The van der Waals surface area contributed by atoms with Gasteiger partial charge in [0, 0.05) is 62.3 Å². The Morgan fingerprint density at radius 1 is 0.279 bits per heavy atom. The number of carbonyl (C=O) groups is 9. The number of carbonyl (C=O) groups excluding carboxylic acids is 9. The van der Waals surface area contributed by atoms with Crippen molar-refractivity contribution in [1.29, 1.82) is 0 Å². The third-order valence-corrected chi connectivity index (χ3v) is 4.07. The summed E-state index contributed by atoms with van der Waals surface area (Å²) in [4.78, 5) is 88.4. The van der Waals surface area contributed by atoms with Crippen LogP contribution in [0.1, 0.15) is 130 Å². The molecule has 0 heterocycles. The third kappa shape index (κ3) is 173. The van der Waals surface area contributed by atoms with Crippen molar-refractivity contribution in [2.24, 2.45) is 0 Å². The van der Waals surface area contributed by atoms with Crippen LogP contribution in [0, 0.1) is 6.92 Å². The number of ether oxygens (including phenoxy) is 9. The molecular weight excluding hydrogens is 804 g/mol. The van der Waals surface area contributed by atoms with Gasteiger partial charge in [0.2, 0.25) is 0 Å². The Morgan fingerprint density at radius 3 is 0.426 bits per heavy atom. The van der Waals surface area contributed by atoms with Gasteiger partial charge < -0.3 is 42.6 Å². The number of hydrogen-bond donors (Lipinski definition) is 0. The lowest BCUT2D eigenvalue weighted by Gasteiger charge is -1.89. The maximum Gasteiger partial charge on any atom is 0.302 e. The predicted molar refractivity (Wildman–Crippen MR) is 232 cm³/mol. The highest BCUT2D eigenvalue weighted by Gasteiger charge is 1.86. The second kappa shape index (κ2) is 69.1. The minimum absolute atomic E-state index is 0.211. The van der Waals surface area contributed by atoms with Crippen LogP contribution in [0.15, 0.2) is 30.3 Å². The summed E-state index contributed by atoms with van der Waals surface area (Å²) in [5.74, 6) is -1.90. The second-order valence-corrected chi connectivity index (χ2v) is 9.98. The Balaban J connectivity index is -0.0000000704. The highest BCUT2D eigenvalue weighted by atomic mass is 16.6. The molecule has 0 spiro atoms. The van der Waals surface area contributed by atoms with E-state index in [0.717, 1.165) is 0 Å². The van der Waals surface area contributed by atoms with E-state index in [1.807, 2.05) is 18.2 Å². The van der Waals surface area contributed by atoms with E-state index in [1.54, 1.807) is 62.3 Å². The van der Waals surface area contributed by atoms with Crippen LogP contribution in [0.2, 0.25) is 0 Å². The lowest BCUT2D eigenvalue weighted by atomic mass is 10.2. The summed E-state index contributed by atoms with van der Waals surface area (Å²) in [6.45, 7) is 35.0. The zero-order valence-electron chi connectivity index (χ0n) is 40.6. The SMILES string of the molecule is CCOC(C)=O.CCOC(C)=O.CCOC(C)=O.CCOC(C)=O.CCOC(C)=O.CCOC(C)=O.CCOC(C)=O.CCOC(C)=O.CCOC(C)=O.Cc1ccccc1. The normalized spacial score (nSPS) is 7.79. The predicted octanol–water partition coefficient (Wildman–Crippen LogP) is 7.12. The van der Waals surface area contributed by atoms with E-state index in [4.69, 9.17) is 0 Å². The van der Waals surface area contributed by atoms with Crippen LogP contribution in [0.25, 0.3) is 0 Å². The molecule has 1 rings (SSSR count). The molecule has 0 aliphatic rings. The zero-order chi connectivity index (χ0) is 50.0. The van der Waals surface area contributed by atoms with Crippen LogP contribution in [-0.2, 0) is 85.8 Å². The van der Waals surface area contributed by atoms with Gasteiger partial charge in [-0.15, -0.1) is 0 Å². The number of rotatable bonds is 9. The van der Waals surface area contributed by atoms with Crippen LogP contribution in [-0.4, -0.2) is 113 Å². The molecule has 0 aromatic heterocycles. The van der Waals surface area contributed by atoms with Gasteiger partial charge in [-0.1, -0.05) is 35.9 Å². The van der Waals surface area contributed by atoms with E-state index in [1.165, 1.54) is 67.9 Å². The molecule has 0 unspecified atom stereocenters. The Bertz CT molecular complexity index is 941. The first-order valence-corrected chi connectivity index (χ1v) is 19.5. The fraction of sp³-hybridized carbons (Fsp3) is 0.651. The van der Waals surface area contributed by atoms with Crippen molar-refractivity contribution < 1.29 is 85.8 Å². The van der Waals surface area contributed by atoms with Crippen molar-refractivity contribution in [1.82, 2.24) is 0 Å². The summed E-state index contributed by atoms with van der Waals surface area (Å²) in [5, 5.41) is 0. The van der Waals surface area contributed by atoms with E-state index in [9.17, 15) is 43.2 Å². The van der Waals surface area contributed by atoms with E-state index in [-0.39, 0.29) is 53.7 Å². The van der Waals surface area contributed by atoms with E-state index in [2.05, 4.69) is 61.7 Å². The summed E-state index contributed by atoms with van der Waals surface area (Å²) >= 11 is 0. The zero-order valence-corrected chi connectivity index (χ0v) is 40.6. The molecule has 0 bridgehead atoms. The van der Waals surface area contributed by atoms with Crippen LogP contribution in [0.5, 0.6) is 0 Å². The minimum atomic E-state index is -0.211. The van der Waals surface area contributed by atoms with Crippen LogP contribution >= 0.6 is 0 Å². The highest BCUT2D eigenvalue weighted by Crippen LogP contribution is 1.92. The highest BCUT2D eigenvalue weighted by molar-refractivity contribution is 5.68. The average molecular weight is 885 g/mol. The molecule has 18 heteroatoms. The Hall–Kier alpha value is -5.55. The molecule has 360 valence electrons. The quantitative estimate of drug-likeness (QED) is 0.177. The minimum Gasteiger partial charge on any atom is -0.466 e. The molecule has 0 fully saturated rings. The summed E-state index contributed by atoms with van der Waals surface area (Å²) in [5.41, 5.74) is 1.32. The summed E-state index contributed by atoms with van der Waals surface area (Å²) in [6, 6.07) is 10.3. The van der Waals surface area contributed by atoms with Gasteiger partial charge in [0.15, 0.2) is 0 Å². The van der Waals surface area contributed by atoms with Crippen LogP contribution < -0.4 is 0 Å². The van der Waals surface area contributed by atoms with Gasteiger partial charge in [-0.05, 0) is 69.2 Å². The average Bonchev–Trinajstić information content (AvgIpc) is 3.11. The summed E-state index contributed by atoms with van der Waals surface area (Å²) in [7, 11) is 0. The molecule has 0 N–H and O–H groups in total. The van der Waals surface area contributed by atoms with Crippen molar-refractivity contribution in [3.05, 3.63) is 35.9 Å². The van der Waals surface area contributed by atoms with E-state index >= 15 is 0 Å². The Labute approximate surface area is 365 Å². The van der Waals surface area contributed by atoms with Gasteiger partial charge in [-0.2, -0.15) is 0 Å². The summed E-state index contributed by atoms with van der Waals surface area (Å²) in [6.07, 6.45) is 0. The lowest BCUT2D eigenvalue weighted by Crippen LogP contribution is -1.95. The van der Waals surface area contributed by atoms with Crippen molar-refractivity contribution in [3.8, 4) is 0 Å². The van der Waals surface area contributed by atoms with Gasteiger partial charge in [-0.25, -0.2) is 0 Å². The Morgan fingerprint density at radius 2 is 0.393 bits per heavy atom. The van der Waals surface area contributed by atoms with Gasteiger partial charge in [0.25, 0.3) is 0 Å². The molecule has 0 saturated carbocycles. The molecular formula is C43H80O18. The number of hydrogen-bond acceptors (Lipinski definition) is 18. The molecule has 0 aliphatic carbocycles. The summed E-state index contributed by atoms with van der Waals surface area (Å²) < 4.78 is 39.6. The standard InChI is InChI=1S/C7H8.9C4H8O2/c1-7-5-3-2-4-6-7;9*1-3-6-4(2)5/h2-6H,1H3;9*3H2,1-2H3. The largest absolute Gasteiger partial charge is 0.466 e. The van der Waals surface area contributed by atoms with Crippen LogP contribution in [0.4, 0.5) is 0 Å². The topological polar surface area (TPSA) is 237 Å². The molecule has 1 aromatic carbocycles. The maximum absolute atomic E-state index is 9.82. The van der Waals surface area contributed by atoms with Crippen molar-refractivity contribution >= 4 is 53.7 Å². The van der Waals surface area contributed by atoms with E-state index in [0.29, 0.717) is 59.5 Å². The number of aryl methyl sites for hydroxylation is 1. The number of esters is 9. The van der Waals surface area contributed by atoms with E-state index < -0.39 is 0 Å². The first kappa shape index (κ1) is 76.2. The second-order valence-electron chi connectivity index (χ2n) is 9.98. The van der Waals surface area contributed by atoms with Crippen molar-refractivity contribution in [2.75, 3.05) is 59.5 Å². The van der Waals surface area contributed by atoms with Crippen molar-refractivity contribution in [3.63, 3.8) is 0 Å². The molecule has 0 aliphatic heterocycles. The first-order valence-electron chi connectivity index (χ1n) is 19.5. The van der Waals surface area contributed by atoms with Crippen molar-refractivity contribution in [2.45, 2.75) is 132 Å². The molecule has 0 saturated heterocycles. The Kier molecular flexibility index (Phi) is 86.3. The maximum atomic E-state index is 9.82. The fourth-order valence-corrected chi connectivity index (χ4v) is 2.36. The third-order valence-electron chi connectivity index (χ3n) is 4.07. The smallest absolute Gasteiger partial charge is 0.302 e. The van der Waals surface area contributed by atoms with Gasteiger partial charge in [0.05, 0.1) is 59.5 Å². The molecule has 61 heavy (non-hydrogen) atoms. The van der Waals surface area contributed by atoms with Gasteiger partial charge in [0.1, 0.15) is 0 Å².